The van der Waals surface area contributed by atoms with E-state index in [4.69, 9.17) is 21.6 Å². The van der Waals surface area contributed by atoms with Crippen LogP contribution in [0.1, 0.15) is 13.8 Å². The van der Waals surface area contributed by atoms with E-state index >= 15 is 0 Å². The second kappa shape index (κ2) is 16.9. The molecule has 0 aliphatic heterocycles. The summed E-state index contributed by atoms with van der Waals surface area (Å²) in [4.78, 5) is 8.25. The van der Waals surface area contributed by atoms with E-state index in [-0.39, 0.29) is 17.1 Å². The summed E-state index contributed by atoms with van der Waals surface area (Å²) in [5.41, 5.74) is 0. The van der Waals surface area contributed by atoms with Gasteiger partial charge in [0.05, 0.1) is 0 Å². The minimum absolute atomic E-state index is 0. The van der Waals surface area contributed by atoms with Gasteiger partial charge in [0.1, 0.15) is 0 Å². The molecule has 0 aliphatic rings. The predicted octanol–water partition coefficient (Wildman–Crippen LogP) is -0.198. The van der Waals surface area contributed by atoms with Crippen LogP contribution in [0, 0.1) is 0 Å². The maximum Gasteiger partial charge on any atom is 2.00 e. The minimum Gasteiger partial charge on any atom is -0.702 e. The molecule has 0 aliphatic carbocycles. The van der Waals surface area contributed by atoms with Crippen LogP contribution in [0.15, 0.2) is 0 Å². The monoisotopic (exact) mass is 244 g/mol. The van der Waals surface area contributed by atoms with Gasteiger partial charge in [-0.05, 0) is 0 Å². The molecule has 0 saturated heterocycles. The SMILES string of the molecule is CCN(CC)S[S-].O=C[O-].[Cu+2]. The number of hydrogen-bond acceptors (Lipinski definition) is 5. The van der Waals surface area contributed by atoms with Crippen molar-refractivity contribution in [1.29, 1.82) is 0 Å². The van der Waals surface area contributed by atoms with Gasteiger partial charge in [-0.25, -0.2) is 0 Å². The van der Waals surface area contributed by atoms with Crippen molar-refractivity contribution >= 4 is 29.1 Å². The van der Waals surface area contributed by atoms with E-state index in [2.05, 4.69) is 18.2 Å². The van der Waals surface area contributed by atoms with Gasteiger partial charge in [0.25, 0.3) is 0 Å². The molecule has 0 aromatic heterocycles. The summed E-state index contributed by atoms with van der Waals surface area (Å²) in [6, 6.07) is 0. The van der Waals surface area contributed by atoms with Gasteiger partial charge >= 0.3 is 17.1 Å². The van der Waals surface area contributed by atoms with Crippen molar-refractivity contribution in [2.75, 3.05) is 13.1 Å². The molecule has 0 bridgehead atoms. The normalized spacial score (nSPS) is 7.64. The van der Waals surface area contributed by atoms with Crippen molar-refractivity contribution < 1.29 is 27.0 Å². The number of carbonyl (C=O) groups excluding carboxylic acids is 1. The van der Waals surface area contributed by atoms with Gasteiger partial charge in [-0.1, -0.05) is 13.8 Å². The average molecular weight is 245 g/mol. The summed E-state index contributed by atoms with van der Waals surface area (Å²) in [6.45, 7) is 5.79. The molecule has 0 saturated carbocycles. The molecule has 0 aromatic carbocycles. The van der Waals surface area contributed by atoms with Gasteiger partial charge in [-0.15, -0.1) is 0 Å². The smallest absolute Gasteiger partial charge is 0.702 e. The number of carbonyl (C=O) groups is 1. The maximum absolute atomic E-state index is 8.25. The first-order chi connectivity index (χ1) is 4.76. The van der Waals surface area contributed by atoms with E-state index in [1.54, 1.807) is 0 Å². The van der Waals surface area contributed by atoms with Crippen LogP contribution in [0.3, 0.4) is 0 Å². The molecule has 0 fully saturated rings. The van der Waals surface area contributed by atoms with Crippen molar-refractivity contribution in [3.63, 3.8) is 0 Å². The molecule has 71 valence electrons. The quantitative estimate of drug-likeness (QED) is 0.226. The predicted molar refractivity (Wildman–Crippen MR) is 43.9 cm³/mol. The van der Waals surface area contributed by atoms with Crippen LogP contribution in [-0.2, 0) is 33.5 Å². The Kier molecular flexibility index (Phi) is 27.2. The van der Waals surface area contributed by atoms with Crippen molar-refractivity contribution in [2.24, 2.45) is 0 Å². The topological polar surface area (TPSA) is 43.4 Å². The van der Waals surface area contributed by atoms with Crippen LogP contribution < -0.4 is 5.11 Å². The summed E-state index contributed by atoms with van der Waals surface area (Å²) in [5, 5.41) is 8.25. The third-order valence-electron chi connectivity index (χ3n) is 0.811. The largest absolute Gasteiger partial charge is 2.00 e. The summed E-state index contributed by atoms with van der Waals surface area (Å²) >= 11 is 4.71. The Hall–Kier alpha value is 0.649. The summed E-state index contributed by atoms with van der Waals surface area (Å²) < 4.78 is 2.11. The van der Waals surface area contributed by atoms with Gasteiger partial charge in [0.2, 0.25) is 0 Å². The van der Waals surface area contributed by atoms with E-state index in [0.717, 1.165) is 13.1 Å². The standard InChI is InChI=1S/C4H11NS2.CH2O2.Cu/c1-3-5(4-2)7-6;2-1-3;/h6H,3-4H2,1-2H3;1H,(H,2,3);/q;;+2/p-2. The van der Waals surface area contributed by atoms with Crippen molar-refractivity contribution in [3.8, 4) is 0 Å². The van der Waals surface area contributed by atoms with Crippen LogP contribution in [0.4, 0.5) is 0 Å². The Morgan fingerprint density at radius 3 is 1.82 bits per heavy atom. The molecule has 0 N–H and O–H groups in total. The molecular formula is C5H11CuNO2S2. The second-order valence-electron chi connectivity index (χ2n) is 1.29. The van der Waals surface area contributed by atoms with E-state index in [9.17, 15) is 0 Å². The van der Waals surface area contributed by atoms with Gasteiger partial charge < -0.3 is 21.6 Å². The fourth-order valence-electron chi connectivity index (χ4n) is 0.329. The first-order valence-corrected chi connectivity index (χ1v) is 4.57. The third kappa shape index (κ3) is 18.0. The molecule has 0 unspecified atom stereocenters. The zero-order valence-corrected chi connectivity index (χ0v) is 8.95. The van der Waals surface area contributed by atoms with E-state index in [1.165, 1.54) is 11.0 Å². The Labute approximate surface area is 87.3 Å². The van der Waals surface area contributed by atoms with Crippen LogP contribution >= 0.6 is 11.0 Å². The average Bonchev–Trinajstić information content (AvgIpc) is 1.93. The zero-order valence-electron chi connectivity index (χ0n) is 6.37. The first-order valence-electron chi connectivity index (χ1n) is 2.87. The summed E-state index contributed by atoms with van der Waals surface area (Å²) in [6.07, 6.45) is 0. The Balaban J connectivity index is -0.000000140. The second-order valence-corrected chi connectivity index (χ2v) is 2.40. The Morgan fingerprint density at radius 2 is 1.82 bits per heavy atom. The van der Waals surface area contributed by atoms with Gasteiger partial charge in [-0.2, -0.15) is 0 Å². The van der Waals surface area contributed by atoms with E-state index in [0.29, 0.717) is 0 Å². The fourth-order valence-corrected chi connectivity index (χ4v) is 1.17. The molecular weight excluding hydrogens is 234 g/mol. The molecule has 0 heterocycles. The number of hydrogen-bond donors (Lipinski definition) is 0. The van der Waals surface area contributed by atoms with Crippen LogP contribution in [0.5, 0.6) is 0 Å². The number of rotatable bonds is 3. The Morgan fingerprint density at radius 1 is 1.55 bits per heavy atom. The molecule has 0 aromatic rings. The Bertz CT molecular complexity index is 68.0. The molecule has 3 nitrogen and oxygen atoms in total. The number of nitrogens with zero attached hydrogens (tertiary/aromatic N) is 1. The summed E-state index contributed by atoms with van der Waals surface area (Å²) in [7, 11) is 1.39. The third-order valence-corrected chi connectivity index (χ3v) is 2.17. The first kappa shape index (κ1) is 17.7. The maximum atomic E-state index is 8.25. The van der Waals surface area contributed by atoms with Crippen molar-refractivity contribution in [2.45, 2.75) is 13.8 Å². The molecule has 6 heteroatoms. The molecule has 0 atom stereocenters. The molecule has 0 spiro atoms. The summed E-state index contributed by atoms with van der Waals surface area (Å²) in [5.74, 6) is 0. The molecule has 11 heavy (non-hydrogen) atoms. The molecule has 0 rings (SSSR count). The fraction of sp³-hybridized carbons (Fsp3) is 0.800. The van der Waals surface area contributed by atoms with Gasteiger partial charge in [0, 0.05) is 19.6 Å². The van der Waals surface area contributed by atoms with Crippen molar-refractivity contribution in [3.05, 3.63) is 0 Å². The van der Waals surface area contributed by atoms with E-state index in [1.807, 2.05) is 0 Å². The zero-order chi connectivity index (χ0) is 8.41. The van der Waals surface area contributed by atoms with Crippen LogP contribution in [0.2, 0.25) is 0 Å². The molecule has 0 amide bonds. The van der Waals surface area contributed by atoms with Gasteiger partial charge in [-0.3, -0.25) is 15.3 Å². The minimum atomic E-state index is -0.500. The molecule has 1 radical (unpaired) electrons. The number of carboxylic acid groups (broad SMARTS) is 1. The van der Waals surface area contributed by atoms with Crippen LogP contribution in [0.25, 0.3) is 0 Å². The van der Waals surface area contributed by atoms with Crippen molar-refractivity contribution in [1.82, 2.24) is 4.31 Å². The van der Waals surface area contributed by atoms with Crippen LogP contribution in [-0.4, -0.2) is 23.9 Å². The van der Waals surface area contributed by atoms with Gasteiger partial charge in [0.15, 0.2) is 0 Å². The van der Waals surface area contributed by atoms with E-state index < -0.39 is 6.47 Å².